The minimum atomic E-state index is 0.692. The maximum atomic E-state index is 5.97. The molecular formula is C16H24BrNS. The van der Waals surface area contributed by atoms with E-state index in [-0.39, 0.29) is 0 Å². The van der Waals surface area contributed by atoms with Crippen LogP contribution in [0.1, 0.15) is 39.0 Å². The molecule has 1 nitrogen and oxygen atoms in total. The topological polar surface area (TPSA) is 26.0 Å². The monoisotopic (exact) mass is 341 g/mol. The van der Waals surface area contributed by atoms with E-state index in [9.17, 15) is 0 Å². The fourth-order valence-corrected chi connectivity index (χ4v) is 5.13. The first-order valence-electron chi connectivity index (χ1n) is 7.35. The molecule has 1 aromatic carbocycles. The third-order valence-corrected chi connectivity index (χ3v) is 6.02. The molecule has 0 bridgehead atoms. The molecule has 0 radical (unpaired) electrons. The molecule has 1 saturated carbocycles. The Bertz CT molecular complexity index is 396. The number of nitrogens with two attached hydrogens (primary N) is 1. The largest absolute Gasteiger partial charge is 0.330 e. The van der Waals surface area contributed by atoms with E-state index in [1.807, 2.05) is 11.8 Å². The van der Waals surface area contributed by atoms with Gasteiger partial charge in [-0.25, -0.2) is 0 Å². The lowest BCUT2D eigenvalue weighted by atomic mass is 9.80. The van der Waals surface area contributed by atoms with Crippen LogP contribution in [0.15, 0.2) is 33.6 Å². The zero-order chi connectivity index (χ0) is 13.7. The molecule has 1 aliphatic carbocycles. The minimum absolute atomic E-state index is 0.692. The number of hydrogen-bond acceptors (Lipinski definition) is 2. The zero-order valence-corrected chi connectivity index (χ0v) is 14.1. The summed E-state index contributed by atoms with van der Waals surface area (Å²) in [5, 5.41) is 0.699. The van der Waals surface area contributed by atoms with Crippen LogP contribution in [0.5, 0.6) is 0 Å². The van der Waals surface area contributed by atoms with Crippen LogP contribution in [-0.2, 0) is 0 Å². The zero-order valence-electron chi connectivity index (χ0n) is 11.6. The fraction of sp³-hybridized carbons (Fsp3) is 0.625. The average molecular weight is 342 g/mol. The van der Waals surface area contributed by atoms with E-state index in [0.29, 0.717) is 11.2 Å². The molecule has 19 heavy (non-hydrogen) atoms. The van der Waals surface area contributed by atoms with Crippen LogP contribution in [0.4, 0.5) is 0 Å². The van der Waals surface area contributed by atoms with Crippen molar-refractivity contribution in [3.63, 3.8) is 0 Å². The van der Waals surface area contributed by atoms with Crippen LogP contribution in [0, 0.1) is 11.8 Å². The van der Waals surface area contributed by atoms with Crippen molar-refractivity contribution in [3.05, 3.63) is 28.7 Å². The molecule has 0 heterocycles. The second-order valence-electron chi connectivity index (χ2n) is 5.58. The lowest BCUT2D eigenvalue weighted by Gasteiger charge is -2.35. The highest BCUT2D eigenvalue weighted by Gasteiger charge is 2.29. The summed E-state index contributed by atoms with van der Waals surface area (Å²) in [7, 11) is 0. The molecule has 2 N–H and O–H groups in total. The summed E-state index contributed by atoms with van der Waals surface area (Å²) in [6.07, 6.45) is 6.73. The first kappa shape index (κ1) is 15.4. The minimum Gasteiger partial charge on any atom is -0.330 e. The first-order valence-corrected chi connectivity index (χ1v) is 9.02. The van der Waals surface area contributed by atoms with Gasteiger partial charge < -0.3 is 5.73 Å². The normalized spacial score (nSPS) is 27.4. The molecule has 1 aromatic rings. The van der Waals surface area contributed by atoms with Crippen molar-refractivity contribution in [2.24, 2.45) is 17.6 Å². The summed E-state index contributed by atoms with van der Waals surface area (Å²) in [5.74, 6) is 1.61. The molecular weight excluding hydrogens is 318 g/mol. The predicted molar refractivity (Wildman–Crippen MR) is 88.6 cm³/mol. The lowest BCUT2D eigenvalue weighted by Crippen LogP contribution is -2.32. The second kappa shape index (κ2) is 7.70. The van der Waals surface area contributed by atoms with E-state index in [0.717, 1.165) is 12.5 Å². The van der Waals surface area contributed by atoms with Gasteiger partial charge in [-0.3, -0.25) is 0 Å². The molecule has 1 fully saturated rings. The molecule has 3 heteroatoms. The van der Waals surface area contributed by atoms with Gasteiger partial charge >= 0.3 is 0 Å². The second-order valence-corrected chi connectivity index (χ2v) is 7.81. The molecule has 106 valence electrons. The Morgan fingerprint density at radius 2 is 2.21 bits per heavy atom. The van der Waals surface area contributed by atoms with Gasteiger partial charge in [0, 0.05) is 14.6 Å². The highest BCUT2D eigenvalue weighted by Crippen LogP contribution is 2.41. The van der Waals surface area contributed by atoms with E-state index in [4.69, 9.17) is 5.73 Å². The maximum absolute atomic E-state index is 5.97. The van der Waals surface area contributed by atoms with E-state index in [1.165, 1.54) is 41.5 Å². The fourth-order valence-electron chi connectivity index (χ4n) is 3.07. The summed E-state index contributed by atoms with van der Waals surface area (Å²) in [5.41, 5.74) is 5.97. The average Bonchev–Trinajstić information content (AvgIpc) is 2.39. The standard InChI is InChI=1S/C16H24BrNS/c1-2-4-12-7-8-13(11-18)16(9-12)19-15-6-3-5-14(17)10-15/h3,5-6,10,12-13,16H,2,4,7-9,11,18H2,1H3. The SMILES string of the molecule is CCCC1CCC(CN)C(Sc2cccc(Br)c2)C1. The molecule has 0 aliphatic heterocycles. The van der Waals surface area contributed by atoms with Gasteiger partial charge in [0.25, 0.3) is 0 Å². The molecule has 1 aliphatic rings. The van der Waals surface area contributed by atoms with Gasteiger partial charge in [-0.05, 0) is 49.4 Å². The van der Waals surface area contributed by atoms with Crippen molar-refractivity contribution < 1.29 is 0 Å². The van der Waals surface area contributed by atoms with Crippen molar-refractivity contribution in [1.82, 2.24) is 0 Å². The Balaban J connectivity index is 2.01. The van der Waals surface area contributed by atoms with Crippen LogP contribution in [-0.4, -0.2) is 11.8 Å². The Kier molecular flexibility index (Phi) is 6.24. The molecule has 2 rings (SSSR count). The van der Waals surface area contributed by atoms with Gasteiger partial charge in [-0.2, -0.15) is 0 Å². The maximum Gasteiger partial charge on any atom is 0.0186 e. The van der Waals surface area contributed by atoms with Gasteiger partial charge in [-0.15, -0.1) is 11.8 Å². The van der Waals surface area contributed by atoms with Gasteiger partial charge in [0.2, 0.25) is 0 Å². The number of halogens is 1. The van der Waals surface area contributed by atoms with Crippen molar-refractivity contribution in [2.75, 3.05) is 6.54 Å². The quantitative estimate of drug-likeness (QED) is 0.807. The predicted octanol–water partition coefficient (Wildman–Crippen LogP) is 5.08. The van der Waals surface area contributed by atoms with Crippen molar-refractivity contribution in [1.29, 1.82) is 0 Å². The van der Waals surface area contributed by atoms with Crippen LogP contribution in [0.3, 0.4) is 0 Å². The van der Waals surface area contributed by atoms with Gasteiger partial charge in [0.15, 0.2) is 0 Å². The van der Waals surface area contributed by atoms with Gasteiger partial charge in [0.05, 0.1) is 0 Å². The number of benzene rings is 1. The summed E-state index contributed by atoms with van der Waals surface area (Å²) in [6, 6.07) is 8.65. The molecule has 3 atom stereocenters. The van der Waals surface area contributed by atoms with E-state index in [2.05, 4.69) is 47.1 Å². The van der Waals surface area contributed by atoms with Gasteiger partial charge in [-0.1, -0.05) is 48.2 Å². The third-order valence-electron chi connectivity index (χ3n) is 4.12. The van der Waals surface area contributed by atoms with E-state index >= 15 is 0 Å². The molecule has 0 saturated heterocycles. The Labute approximate surface area is 129 Å². The lowest BCUT2D eigenvalue weighted by molar-refractivity contribution is 0.276. The van der Waals surface area contributed by atoms with Crippen molar-refractivity contribution in [2.45, 2.75) is 49.2 Å². The third kappa shape index (κ3) is 4.51. The number of hydrogen-bond donors (Lipinski definition) is 1. The van der Waals surface area contributed by atoms with Gasteiger partial charge in [0.1, 0.15) is 0 Å². The highest BCUT2D eigenvalue weighted by atomic mass is 79.9. The van der Waals surface area contributed by atoms with Crippen molar-refractivity contribution >= 4 is 27.7 Å². The van der Waals surface area contributed by atoms with Crippen LogP contribution < -0.4 is 5.73 Å². The molecule has 0 aromatic heterocycles. The number of rotatable bonds is 5. The molecule has 0 spiro atoms. The van der Waals surface area contributed by atoms with E-state index in [1.54, 1.807) is 0 Å². The first-order chi connectivity index (χ1) is 9.22. The summed E-state index contributed by atoms with van der Waals surface area (Å²) >= 11 is 5.59. The Morgan fingerprint density at radius 3 is 2.89 bits per heavy atom. The summed E-state index contributed by atoms with van der Waals surface area (Å²) < 4.78 is 1.17. The van der Waals surface area contributed by atoms with Crippen LogP contribution in [0.2, 0.25) is 0 Å². The Morgan fingerprint density at radius 1 is 1.37 bits per heavy atom. The summed E-state index contributed by atoms with van der Waals surface area (Å²) in [4.78, 5) is 1.37. The van der Waals surface area contributed by atoms with Crippen molar-refractivity contribution in [3.8, 4) is 0 Å². The highest BCUT2D eigenvalue weighted by molar-refractivity contribution is 9.10. The van der Waals surface area contributed by atoms with Crippen LogP contribution in [0.25, 0.3) is 0 Å². The van der Waals surface area contributed by atoms with E-state index < -0.39 is 0 Å². The Hall–Kier alpha value is 0.01000. The smallest absolute Gasteiger partial charge is 0.0186 e. The summed E-state index contributed by atoms with van der Waals surface area (Å²) in [6.45, 7) is 3.13. The number of thioether (sulfide) groups is 1. The van der Waals surface area contributed by atoms with Crippen LogP contribution >= 0.6 is 27.7 Å². The molecule has 0 amide bonds. The molecule has 3 unspecified atom stereocenters.